The van der Waals surface area contributed by atoms with Gasteiger partial charge in [0.25, 0.3) is 5.91 Å². The maximum Gasteiger partial charge on any atom is 0.270 e. The van der Waals surface area contributed by atoms with Crippen LogP contribution in [0, 0.1) is 11.3 Å². The van der Waals surface area contributed by atoms with Crippen LogP contribution in [-0.2, 0) is 0 Å². The van der Waals surface area contributed by atoms with Crippen molar-refractivity contribution < 1.29 is 4.79 Å². The number of amides is 1. The molecular formula is C15H14ClN3O. The van der Waals surface area contributed by atoms with Gasteiger partial charge in [-0.15, -0.1) is 0 Å². The van der Waals surface area contributed by atoms with Crippen LogP contribution in [0.5, 0.6) is 0 Å². The molecule has 0 saturated carbocycles. The third kappa shape index (κ3) is 3.06. The first-order chi connectivity index (χ1) is 9.65. The van der Waals surface area contributed by atoms with E-state index in [1.165, 1.54) is 6.07 Å². The molecular weight excluding hydrogens is 274 g/mol. The molecule has 5 heteroatoms. The Morgan fingerprint density at radius 3 is 2.95 bits per heavy atom. The Bertz CT molecular complexity index is 678. The van der Waals surface area contributed by atoms with Crippen molar-refractivity contribution in [2.45, 2.75) is 25.8 Å². The summed E-state index contributed by atoms with van der Waals surface area (Å²) in [5, 5.41) is 12.9. The number of nitriles is 1. The van der Waals surface area contributed by atoms with Crippen molar-refractivity contribution in [3.63, 3.8) is 0 Å². The third-order valence-electron chi connectivity index (χ3n) is 2.94. The number of hydrogen-bond acceptors (Lipinski definition) is 3. The van der Waals surface area contributed by atoms with Crippen LogP contribution >= 0.6 is 11.6 Å². The van der Waals surface area contributed by atoms with Crippen LogP contribution in [0.25, 0.3) is 10.9 Å². The molecule has 0 bridgehead atoms. The van der Waals surface area contributed by atoms with E-state index in [-0.39, 0.29) is 11.6 Å². The predicted octanol–water partition coefficient (Wildman–Crippen LogP) is 3.31. The average molecular weight is 288 g/mol. The van der Waals surface area contributed by atoms with Gasteiger partial charge in [-0.1, -0.05) is 43.1 Å². The second-order valence-corrected chi connectivity index (χ2v) is 4.86. The van der Waals surface area contributed by atoms with E-state index in [4.69, 9.17) is 16.9 Å². The number of pyridine rings is 1. The van der Waals surface area contributed by atoms with Gasteiger partial charge in [-0.3, -0.25) is 4.79 Å². The summed E-state index contributed by atoms with van der Waals surface area (Å²) in [5.74, 6) is -0.377. The van der Waals surface area contributed by atoms with Gasteiger partial charge in [0.15, 0.2) is 0 Å². The van der Waals surface area contributed by atoms with Crippen LogP contribution in [0.3, 0.4) is 0 Å². The highest BCUT2D eigenvalue weighted by molar-refractivity contribution is 6.35. The van der Waals surface area contributed by atoms with Crippen molar-refractivity contribution in [3.8, 4) is 6.07 Å². The molecule has 4 nitrogen and oxygen atoms in total. The summed E-state index contributed by atoms with van der Waals surface area (Å²) in [6, 6.07) is 10.4. The smallest absolute Gasteiger partial charge is 0.270 e. The first kappa shape index (κ1) is 14.3. The lowest BCUT2D eigenvalue weighted by Gasteiger charge is -2.10. The summed E-state index contributed by atoms with van der Waals surface area (Å²) in [5.41, 5.74) is 0.888. The predicted molar refractivity (Wildman–Crippen MR) is 78.5 cm³/mol. The zero-order valence-electron chi connectivity index (χ0n) is 11.1. The quantitative estimate of drug-likeness (QED) is 0.938. The Morgan fingerprint density at radius 2 is 2.25 bits per heavy atom. The summed E-state index contributed by atoms with van der Waals surface area (Å²) in [6.07, 6.45) is 1.44. The summed E-state index contributed by atoms with van der Waals surface area (Å²) >= 11 is 6.15. The van der Waals surface area contributed by atoms with Crippen molar-refractivity contribution in [2.75, 3.05) is 0 Å². The van der Waals surface area contributed by atoms with E-state index >= 15 is 0 Å². The first-order valence-corrected chi connectivity index (χ1v) is 6.79. The molecule has 0 fully saturated rings. The second kappa shape index (κ2) is 6.36. The molecule has 0 saturated heterocycles. The van der Waals surface area contributed by atoms with Crippen LogP contribution < -0.4 is 5.32 Å². The Hall–Kier alpha value is -2.12. The molecule has 20 heavy (non-hydrogen) atoms. The molecule has 0 aliphatic rings. The fourth-order valence-corrected chi connectivity index (χ4v) is 2.20. The maximum absolute atomic E-state index is 12.1. The number of para-hydroxylation sites is 1. The number of nitrogens with zero attached hydrogens (tertiary/aromatic N) is 2. The number of fused-ring (bicyclic) bond motifs is 1. The third-order valence-corrected chi connectivity index (χ3v) is 3.25. The lowest BCUT2D eigenvalue weighted by atomic mass is 10.1. The van der Waals surface area contributed by atoms with Crippen molar-refractivity contribution >= 4 is 28.4 Å². The summed E-state index contributed by atoms with van der Waals surface area (Å²) in [4.78, 5) is 16.4. The molecule has 1 amide bonds. The fraction of sp³-hybridized carbons (Fsp3) is 0.267. The van der Waals surface area contributed by atoms with Crippen LogP contribution in [0.1, 0.15) is 30.3 Å². The van der Waals surface area contributed by atoms with Crippen LogP contribution in [0.4, 0.5) is 0 Å². The van der Waals surface area contributed by atoms with Crippen LogP contribution in [0.15, 0.2) is 30.3 Å². The topological polar surface area (TPSA) is 65.8 Å². The van der Waals surface area contributed by atoms with Crippen molar-refractivity contribution in [2.24, 2.45) is 0 Å². The summed E-state index contributed by atoms with van der Waals surface area (Å²) < 4.78 is 0. The zero-order valence-corrected chi connectivity index (χ0v) is 11.8. The van der Waals surface area contributed by atoms with Gasteiger partial charge < -0.3 is 5.32 Å². The van der Waals surface area contributed by atoms with Crippen LogP contribution in [0.2, 0.25) is 5.02 Å². The minimum atomic E-state index is -0.500. The highest BCUT2D eigenvalue weighted by Gasteiger charge is 2.15. The molecule has 2 aromatic rings. The van der Waals surface area contributed by atoms with Gasteiger partial charge in [0, 0.05) is 5.39 Å². The molecule has 0 spiro atoms. The van der Waals surface area contributed by atoms with E-state index in [0.717, 1.165) is 11.8 Å². The van der Waals surface area contributed by atoms with Gasteiger partial charge in [-0.2, -0.15) is 5.26 Å². The van der Waals surface area contributed by atoms with Crippen LogP contribution in [-0.4, -0.2) is 16.9 Å². The monoisotopic (exact) mass is 287 g/mol. The molecule has 0 aliphatic heterocycles. The number of hydrogen-bond donors (Lipinski definition) is 1. The fourth-order valence-electron chi connectivity index (χ4n) is 1.94. The number of benzene rings is 1. The Morgan fingerprint density at radius 1 is 1.50 bits per heavy atom. The average Bonchev–Trinajstić information content (AvgIpc) is 2.46. The first-order valence-electron chi connectivity index (χ1n) is 6.41. The van der Waals surface area contributed by atoms with Gasteiger partial charge in [0.2, 0.25) is 0 Å². The van der Waals surface area contributed by atoms with E-state index in [2.05, 4.69) is 16.4 Å². The minimum Gasteiger partial charge on any atom is -0.335 e. The van der Waals surface area contributed by atoms with E-state index in [9.17, 15) is 4.79 Å². The van der Waals surface area contributed by atoms with Crippen molar-refractivity contribution in [1.29, 1.82) is 5.26 Å². The number of nitrogens with one attached hydrogen (secondary N) is 1. The largest absolute Gasteiger partial charge is 0.335 e. The molecule has 1 N–H and O–H groups in total. The molecule has 0 aliphatic carbocycles. The molecule has 1 heterocycles. The number of carbonyl (C=O) groups excluding carboxylic acids is 1. The molecule has 1 aromatic carbocycles. The van der Waals surface area contributed by atoms with Gasteiger partial charge in [0.05, 0.1) is 16.6 Å². The lowest BCUT2D eigenvalue weighted by molar-refractivity contribution is 0.0939. The standard InChI is InChI=1S/C15H14ClN3O/c1-2-5-10(9-17)18-15(20)14-8-12(16)11-6-3-4-7-13(11)19-14/h3-4,6-8,10H,2,5H2,1H3,(H,18,20). The highest BCUT2D eigenvalue weighted by atomic mass is 35.5. The number of halogens is 1. The van der Waals surface area contributed by atoms with Gasteiger partial charge >= 0.3 is 0 Å². The van der Waals surface area contributed by atoms with Gasteiger partial charge in [0.1, 0.15) is 11.7 Å². The highest BCUT2D eigenvalue weighted by Crippen LogP contribution is 2.22. The van der Waals surface area contributed by atoms with Crippen molar-refractivity contribution in [1.82, 2.24) is 10.3 Å². The van der Waals surface area contributed by atoms with E-state index < -0.39 is 6.04 Å². The molecule has 1 aromatic heterocycles. The van der Waals surface area contributed by atoms with E-state index in [1.807, 2.05) is 25.1 Å². The zero-order chi connectivity index (χ0) is 14.5. The maximum atomic E-state index is 12.1. The number of carbonyl (C=O) groups is 1. The number of aromatic nitrogens is 1. The lowest BCUT2D eigenvalue weighted by Crippen LogP contribution is -2.34. The molecule has 0 radical (unpaired) electrons. The summed E-state index contributed by atoms with van der Waals surface area (Å²) in [7, 11) is 0. The SMILES string of the molecule is CCCC(C#N)NC(=O)c1cc(Cl)c2ccccc2n1. The van der Waals surface area contributed by atoms with Gasteiger partial charge in [-0.05, 0) is 18.6 Å². The van der Waals surface area contributed by atoms with E-state index in [0.29, 0.717) is 17.0 Å². The molecule has 102 valence electrons. The minimum absolute atomic E-state index is 0.227. The summed E-state index contributed by atoms with van der Waals surface area (Å²) in [6.45, 7) is 1.96. The van der Waals surface area contributed by atoms with Gasteiger partial charge in [-0.25, -0.2) is 4.98 Å². The Balaban J connectivity index is 2.29. The van der Waals surface area contributed by atoms with Crippen molar-refractivity contribution in [3.05, 3.63) is 41.0 Å². The molecule has 2 rings (SSSR count). The number of rotatable bonds is 4. The Labute approximate surface area is 122 Å². The molecule has 1 unspecified atom stereocenters. The Kier molecular flexibility index (Phi) is 4.54. The van der Waals surface area contributed by atoms with E-state index in [1.54, 1.807) is 6.07 Å². The normalized spacial score (nSPS) is 11.8. The second-order valence-electron chi connectivity index (χ2n) is 4.45. The molecule has 1 atom stereocenters.